The zero-order valence-electron chi connectivity index (χ0n) is 34.6. The van der Waals surface area contributed by atoms with Crippen molar-refractivity contribution in [2.24, 2.45) is 46.3 Å². The number of quaternary nitrogens is 3. The maximum atomic E-state index is 13.3. The van der Waals surface area contributed by atoms with Gasteiger partial charge in [0.15, 0.2) is 0 Å². The summed E-state index contributed by atoms with van der Waals surface area (Å²) in [6.45, 7) is 11.2. The lowest BCUT2D eigenvalue weighted by atomic mass is 9.43. The molecule has 0 heterocycles. The highest BCUT2D eigenvalue weighted by molar-refractivity contribution is 5.70. The van der Waals surface area contributed by atoms with Crippen molar-refractivity contribution in [2.45, 2.75) is 174 Å². The molecular formula is C43H78N3O8+3. The first-order valence-corrected chi connectivity index (χ1v) is 22.0. The first-order valence-electron chi connectivity index (χ1n) is 22.0. The van der Waals surface area contributed by atoms with E-state index in [9.17, 15) is 19.2 Å². The van der Waals surface area contributed by atoms with E-state index in [1.807, 2.05) is 0 Å². The standard InChI is InChI=1S/C43H75N3O8/c1-5-6-7-8-9-10-11-12-25-51-37(47)16-13-29(2)32-14-15-33-41-34(28-36(43(32,33)4)54-40(50)20-24-46)42(3)21-17-31(52-38(48)18-22-44)26-30(42)27-35(41)53-39(49)19-23-45/h29-36,41H,5-28,44-46H2,1-4H3/p+3/t29-,30+,31-,32-,33+,34+,35-,36+,41+,42+,43-/m1/s1. The number of fused-ring (bicyclic) bond motifs is 5. The molecule has 0 aromatic rings. The Morgan fingerprint density at radius 1 is 0.685 bits per heavy atom. The molecule has 0 aromatic carbocycles. The monoisotopic (exact) mass is 765 g/mol. The van der Waals surface area contributed by atoms with Gasteiger partial charge in [0.1, 0.15) is 18.3 Å². The van der Waals surface area contributed by atoms with Crippen LogP contribution >= 0.6 is 0 Å². The number of esters is 4. The SMILES string of the molecule is CCCCCCCCCCOC(=O)CC[C@@H](C)[C@H]1CC[C@H]2[C@@H]3[C@H](OC(=O)CC[NH3+])C[C@@H]4C[C@H](OC(=O)CC[NH3+])CC[C@]4(C)[C@H]3C[C@H](OC(=O)CC[NH3+])[C@]12C. The van der Waals surface area contributed by atoms with Crippen LogP contribution in [0.4, 0.5) is 0 Å². The topological polar surface area (TPSA) is 188 Å². The molecule has 4 fully saturated rings. The summed E-state index contributed by atoms with van der Waals surface area (Å²) in [5.74, 6) is 0.457. The molecular weight excluding hydrogens is 686 g/mol. The second-order valence-electron chi connectivity index (χ2n) is 17.9. The summed E-state index contributed by atoms with van der Waals surface area (Å²) in [4.78, 5) is 51.9. The Morgan fingerprint density at radius 3 is 1.94 bits per heavy atom. The van der Waals surface area contributed by atoms with Gasteiger partial charge in [-0.15, -0.1) is 0 Å². The number of unbranched alkanes of at least 4 members (excludes halogenated alkanes) is 7. The van der Waals surface area contributed by atoms with Gasteiger partial charge in [-0.1, -0.05) is 72.6 Å². The second kappa shape index (κ2) is 21.3. The number of ether oxygens (including phenoxy) is 4. The van der Waals surface area contributed by atoms with Crippen LogP contribution in [-0.2, 0) is 38.1 Å². The van der Waals surface area contributed by atoms with Gasteiger partial charge < -0.3 is 36.1 Å². The fraction of sp³-hybridized carbons (Fsp3) is 0.907. The Hall–Kier alpha value is -2.24. The first-order chi connectivity index (χ1) is 25.9. The van der Waals surface area contributed by atoms with Crippen molar-refractivity contribution in [2.75, 3.05) is 26.2 Å². The molecule has 0 aliphatic heterocycles. The third-order valence-corrected chi connectivity index (χ3v) is 14.5. The number of rotatable bonds is 22. The number of hydrogen-bond donors (Lipinski definition) is 3. The fourth-order valence-electron chi connectivity index (χ4n) is 11.6. The predicted octanol–water partition coefficient (Wildman–Crippen LogP) is 4.60. The molecule has 0 spiro atoms. The third-order valence-electron chi connectivity index (χ3n) is 14.5. The highest BCUT2D eigenvalue weighted by Gasteiger charge is 2.67. The van der Waals surface area contributed by atoms with E-state index in [2.05, 4.69) is 44.9 Å². The molecule has 11 heteroatoms. The predicted molar refractivity (Wildman–Crippen MR) is 205 cm³/mol. The van der Waals surface area contributed by atoms with Gasteiger partial charge >= 0.3 is 23.9 Å². The molecule has 0 aromatic heterocycles. The van der Waals surface area contributed by atoms with E-state index >= 15 is 0 Å². The smallest absolute Gasteiger partial charge is 0.311 e. The van der Waals surface area contributed by atoms with Crippen LogP contribution < -0.4 is 17.2 Å². The quantitative estimate of drug-likeness (QED) is 0.0811. The molecule has 0 amide bonds. The van der Waals surface area contributed by atoms with E-state index in [1.165, 1.54) is 38.5 Å². The summed E-state index contributed by atoms with van der Waals surface area (Å²) in [5, 5.41) is 0. The maximum absolute atomic E-state index is 13.3. The van der Waals surface area contributed by atoms with Gasteiger partial charge in [0.2, 0.25) is 0 Å². The Kier molecular flexibility index (Phi) is 17.6. The molecule has 54 heavy (non-hydrogen) atoms. The minimum Gasteiger partial charge on any atom is -0.466 e. The normalized spacial score (nSPS) is 33.5. The van der Waals surface area contributed by atoms with E-state index in [1.54, 1.807) is 0 Å². The lowest BCUT2D eigenvalue weighted by Crippen LogP contribution is -2.63. The fourth-order valence-corrected chi connectivity index (χ4v) is 11.6. The van der Waals surface area contributed by atoms with Crippen molar-refractivity contribution in [3.63, 3.8) is 0 Å². The van der Waals surface area contributed by atoms with Crippen LogP contribution in [0.25, 0.3) is 0 Å². The highest BCUT2D eigenvalue weighted by atomic mass is 16.6. The van der Waals surface area contributed by atoms with Crippen LogP contribution in [-0.4, -0.2) is 68.4 Å². The van der Waals surface area contributed by atoms with Gasteiger partial charge in [0.05, 0.1) is 45.5 Å². The van der Waals surface area contributed by atoms with Crippen molar-refractivity contribution in [1.29, 1.82) is 0 Å². The first kappa shape index (κ1) is 44.5. The molecule has 4 aliphatic carbocycles. The number of carbonyl (C=O) groups excluding carboxylic acids is 4. The van der Waals surface area contributed by atoms with Gasteiger partial charge in [-0.3, -0.25) is 19.2 Å². The summed E-state index contributed by atoms with van der Waals surface area (Å²) in [5.41, 5.74) is 11.2. The average Bonchev–Trinajstić information content (AvgIpc) is 3.49. The van der Waals surface area contributed by atoms with Crippen molar-refractivity contribution in [3.05, 3.63) is 0 Å². The molecule has 4 aliphatic rings. The van der Waals surface area contributed by atoms with Gasteiger partial charge in [-0.05, 0) is 92.8 Å². The highest BCUT2D eigenvalue weighted by Crippen LogP contribution is 2.69. The zero-order valence-corrected chi connectivity index (χ0v) is 34.6. The van der Waals surface area contributed by atoms with E-state index in [0.29, 0.717) is 45.5 Å². The number of carbonyl (C=O) groups is 4. The Labute approximate surface area is 325 Å². The van der Waals surface area contributed by atoms with E-state index in [0.717, 1.165) is 57.8 Å². The Morgan fingerprint density at radius 2 is 1.30 bits per heavy atom. The Balaban J connectivity index is 1.50. The van der Waals surface area contributed by atoms with Crippen molar-refractivity contribution in [3.8, 4) is 0 Å². The van der Waals surface area contributed by atoms with Gasteiger partial charge in [-0.25, -0.2) is 0 Å². The maximum Gasteiger partial charge on any atom is 0.311 e. The summed E-state index contributed by atoms with van der Waals surface area (Å²) in [6, 6.07) is 0. The van der Waals surface area contributed by atoms with Crippen molar-refractivity contribution >= 4 is 23.9 Å². The minimum absolute atomic E-state index is 0.0735. The van der Waals surface area contributed by atoms with Crippen LogP contribution in [0.3, 0.4) is 0 Å². The molecule has 310 valence electrons. The largest absolute Gasteiger partial charge is 0.466 e. The van der Waals surface area contributed by atoms with E-state index in [4.69, 9.17) is 18.9 Å². The molecule has 0 unspecified atom stereocenters. The van der Waals surface area contributed by atoms with Crippen LogP contribution in [0, 0.1) is 46.3 Å². The van der Waals surface area contributed by atoms with Crippen LogP contribution in [0.5, 0.6) is 0 Å². The average molecular weight is 765 g/mol. The molecule has 0 bridgehead atoms. The zero-order chi connectivity index (χ0) is 39.3. The molecule has 0 saturated heterocycles. The summed E-state index contributed by atoms with van der Waals surface area (Å²) < 4.78 is 24.6. The summed E-state index contributed by atoms with van der Waals surface area (Å²) in [6.07, 6.45) is 16.8. The lowest BCUT2D eigenvalue weighted by Gasteiger charge is -2.64. The van der Waals surface area contributed by atoms with Crippen molar-refractivity contribution in [1.82, 2.24) is 0 Å². The van der Waals surface area contributed by atoms with Crippen LogP contribution in [0.15, 0.2) is 0 Å². The van der Waals surface area contributed by atoms with Crippen LogP contribution in [0.1, 0.15) is 156 Å². The van der Waals surface area contributed by atoms with E-state index in [-0.39, 0.29) is 101 Å². The minimum atomic E-state index is -0.334. The Bertz CT molecular complexity index is 1220. The molecule has 11 atom stereocenters. The van der Waals surface area contributed by atoms with E-state index < -0.39 is 0 Å². The number of hydrogen-bond acceptors (Lipinski definition) is 8. The van der Waals surface area contributed by atoms with Crippen molar-refractivity contribution < 1.29 is 55.3 Å². The van der Waals surface area contributed by atoms with Crippen LogP contribution in [0.2, 0.25) is 0 Å². The second-order valence-corrected chi connectivity index (χ2v) is 17.9. The molecule has 4 saturated carbocycles. The van der Waals surface area contributed by atoms with Gasteiger partial charge in [0, 0.05) is 17.8 Å². The molecule has 9 N–H and O–H groups in total. The van der Waals surface area contributed by atoms with Gasteiger partial charge in [-0.2, -0.15) is 0 Å². The summed E-state index contributed by atoms with van der Waals surface area (Å²) in [7, 11) is 0. The molecule has 4 rings (SSSR count). The molecule has 0 radical (unpaired) electrons. The summed E-state index contributed by atoms with van der Waals surface area (Å²) >= 11 is 0. The molecule has 11 nitrogen and oxygen atoms in total. The third kappa shape index (κ3) is 11.0. The lowest BCUT2D eigenvalue weighted by molar-refractivity contribution is -0.367. The van der Waals surface area contributed by atoms with Gasteiger partial charge in [0.25, 0.3) is 0 Å².